The Kier molecular flexibility index (Phi) is 3.69. The second kappa shape index (κ2) is 5.06. The number of nitrogens with one attached hydrogen (secondary N) is 2. The molecule has 1 aliphatic rings. The molecule has 1 aromatic rings. The number of piperidine rings is 1. The average molecular weight is 257 g/mol. The molecule has 2 atom stereocenters. The van der Waals surface area contributed by atoms with Gasteiger partial charge in [-0.05, 0) is 26.8 Å². The van der Waals surface area contributed by atoms with Crippen LogP contribution in [0.5, 0.6) is 0 Å². The molecule has 0 spiro atoms. The Labute approximate surface area is 105 Å². The standard InChI is InChI=1S/C11H17ClN4O/c1-7-5-8(3-4-16(7)2)14-9-6-13-15-11(17)10(9)12/h6-8H,3-5H2,1-2H3,(H2,14,15,17). The van der Waals surface area contributed by atoms with Crippen LogP contribution in [0.2, 0.25) is 5.02 Å². The van der Waals surface area contributed by atoms with Crippen molar-refractivity contribution in [1.82, 2.24) is 15.1 Å². The van der Waals surface area contributed by atoms with Crippen molar-refractivity contribution in [3.05, 3.63) is 21.6 Å². The van der Waals surface area contributed by atoms with Crippen molar-refractivity contribution in [2.24, 2.45) is 0 Å². The molecule has 1 fully saturated rings. The van der Waals surface area contributed by atoms with E-state index in [1.165, 1.54) is 0 Å². The van der Waals surface area contributed by atoms with Gasteiger partial charge in [-0.1, -0.05) is 11.6 Å². The van der Waals surface area contributed by atoms with Crippen molar-refractivity contribution in [2.45, 2.75) is 31.8 Å². The van der Waals surface area contributed by atoms with E-state index in [0.29, 0.717) is 17.8 Å². The molecular formula is C11H17ClN4O. The molecule has 2 unspecified atom stereocenters. The van der Waals surface area contributed by atoms with Gasteiger partial charge in [-0.15, -0.1) is 0 Å². The van der Waals surface area contributed by atoms with Gasteiger partial charge in [-0.25, -0.2) is 5.10 Å². The van der Waals surface area contributed by atoms with E-state index in [9.17, 15) is 4.79 Å². The van der Waals surface area contributed by atoms with Crippen molar-refractivity contribution >= 4 is 17.3 Å². The predicted molar refractivity (Wildman–Crippen MR) is 68.6 cm³/mol. The summed E-state index contributed by atoms with van der Waals surface area (Å²) in [4.78, 5) is 13.6. The van der Waals surface area contributed by atoms with Gasteiger partial charge in [0.1, 0.15) is 5.02 Å². The van der Waals surface area contributed by atoms with Crippen molar-refractivity contribution in [1.29, 1.82) is 0 Å². The summed E-state index contributed by atoms with van der Waals surface area (Å²) >= 11 is 5.92. The van der Waals surface area contributed by atoms with E-state index >= 15 is 0 Å². The Morgan fingerprint density at radius 2 is 2.41 bits per heavy atom. The number of halogens is 1. The highest BCUT2D eigenvalue weighted by Gasteiger charge is 2.23. The number of hydrogen-bond acceptors (Lipinski definition) is 4. The van der Waals surface area contributed by atoms with Crippen LogP contribution < -0.4 is 10.9 Å². The highest BCUT2D eigenvalue weighted by molar-refractivity contribution is 6.32. The second-order valence-corrected chi connectivity index (χ2v) is 5.00. The third kappa shape index (κ3) is 2.79. The first kappa shape index (κ1) is 12.4. The van der Waals surface area contributed by atoms with Gasteiger partial charge in [-0.2, -0.15) is 5.10 Å². The minimum absolute atomic E-state index is 0.187. The number of rotatable bonds is 2. The summed E-state index contributed by atoms with van der Waals surface area (Å²) in [6, 6.07) is 0.886. The van der Waals surface area contributed by atoms with Gasteiger partial charge in [0.25, 0.3) is 5.56 Å². The largest absolute Gasteiger partial charge is 0.380 e. The normalized spacial score (nSPS) is 25.8. The quantitative estimate of drug-likeness (QED) is 0.838. The lowest BCUT2D eigenvalue weighted by atomic mass is 9.99. The highest BCUT2D eigenvalue weighted by Crippen LogP contribution is 2.22. The smallest absolute Gasteiger partial charge is 0.285 e. The monoisotopic (exact) mass is 256 g/mol. The summed E-state index contributed by atoms with van der Waals surface area (Å²) in [5.74, 6) is 0. The van der Waals surface area contributed by atoms with Crippen LogP contribution in [-0.2, 0) is 0 Å². The molecule has 2 heterocycles. The molecule has 1 aromatic heterocycles. The first-order chi connectivity index (χ1) is 8.08. The molecule has 0 aromatic carbocycles. The number of anilines is 1. The fourth-order valence-electron chi connectivity index (χ4n) is 2.12. The molecule has 0 bridgehead atoms. The summed E-state index contributed by atoms with van der Waals surface area (Å²) in [6.45, 7) is 3.25. The maximum Gasteiger partial charge on any atom is 0.285 e. The van der Waals surface area contributed by atoms with E-state index in [2.05, 4.69) is 34.4 Å². The van der Waals surface area contributed by atoms with Crippen LogP contribution >= 0.6 is 11.6 Å². The minimum Gasteiger partial charge on any atom is -0.380 e. The summed E-state index contributed by atoms with van der Waals surface area (Å²) < 4.78 is 0. The van der Waals surface area contributed by atoms with Gasteiger partial charge in [-0.3, -0.25) is 4.79 Å². The Balaban J connectivity index is 2.06. The topological polar surface area (TPSA) is 61.0 Å². The molecule has 0 aliphatic carbocycles. The van der Waals surface area contributed by atoms with Crippen LogP contribution in [0.1, 0.15) is 19.8 Å². The Morgan fingerprint density at radius 1 is 1.65 bits per heavy atom. The molecule has 6 heteroatoms. The van der Waals surface area contributed by atoms with Gasteiger partial charge in [0.15, 0.2) is 0 Å². The van der Waals surface area contributed by atoms with Crippen molar-refractivity contribution in [2.75, 3.05) is 18.9 Å². The molecule has 5 nitrogen and oxygen atoms in total. The predicted octanol–water partition coefficient (Wildman–Crippen LogP) is 1.32. The second-order valence-electron chi connectivity index (χ2n) is 4.62. The highest BCUT2D eigenvalue weighted by atomic mass is 35.5. The first-order valence-electron chi connectivity index (χ1n) is 5.78. The van der Waals surface area contributed by atoms with Crippen LogP contribution in [-0.4, -0.2) is 40.8 Å². The molecule has 0 radical (unpaired) electrons. The van der Waals surface area contributed by atoms with Gasteiger partial charge in [0, 0.05) is 18.6 Å². The van der Waals surface area contributed by atoms with Crippen molar-refractivity contribution in [3.63, 3.8) is 0 Å². The van der Waals surface area contributed by atoms with Crippen LogP contribution in [0.4, 0.5) is 5.69 Å². The zero-order chi connectivity index (χ0) is 12.4. The first-order valence-corrected chi connectivity index (χ1v) is 6.15. The SMILES string of the molecule is CC1CC(Nc2cn[nH]c(=O)c2Cl)CCN1C. The third-order valence-electron chi connectivity index (χ3n) is 3.36. The number of aromatic amines is 1. The molecule has 94 valence electrons. The van der Waals surface area contributed by atoms with E-state index in [-0.39, 0.29) is 10.6 Å². The fourth-order valence-corrected chi connectivity index (χ4v) is 2.27. The Hall–Kier alpha value is -1.07. The minimum atomic E-state index is -0.349. The summed E-state index contributed by atoms with van der Waals surface area (Å²) in [5, 5.41) is 9.54. The van der Waals surface area contributed by atoms with Crippen LogP contribution in [0.25, 0.3) is 0 Å². The fraction of sp³-hybridized carbons (Fsp3) is 0.636. The third-order valence-corrected chi connectivity index (χ3v) is 3.74. The van der Waals surface area contributed by atoms with Crippen molar-refractivity contribution < 1.29 is 0 Å². The molecule has 0 amide bonds. The zero-order valence-corrected chi connectivity index (χ0v) is 10.8. The molecule has 17 heavy (non-hydrogen) atoms. The van der Waals surface area contributed by atoms with Gasteiger partial charge >= 0.3 is 0 Å². The molecule has 2 rings (SSSR count). The van der Waals surface area contributed by atoms with E-state index < -0.39 is 0 Å². The molecule has 1 aliphatic heterocycles. The van der Waals surface area contributed by atoms with E-state index in [4.69, 9.17) is 11.6 Å². The van der Waals surface area contributed by atoms with Gasteiger partial charge < -0.3 is 10.2 Å². The summed E-state index contributed by atoms with van der Waals surface area (Å²) in [7, 11) is 2.13. The van der Waals surface area contributed by atoms with Crippen LogP contribution in [0.15, 0.2) is 11.0 Å². The number of H-pyrrole nitrogens is 1. The summed E-state index contributed by atoms with van der Waals surface area (Å²) in [6.07, 6.45) is 3.65. The molecule has 1 saturated heterocycles. The summed E-state index contributed by atoms with van der Waals surface area (Å²) in [5.41, 5.74) is 0.273. The molecular weight excluding hydrogens is 240 g/mol. The van der Waals surface area contributed by atoms with Crippen molar-refractivity contribution in [3.8, 4) is 0 Å². The van der Waals surface area contributed by atoms with E-state index in [0.717, 1.165) is 19.4 Å². The number of nitrogens with zero attached hydrogens (tertiary/aromatic N) is 2. The maximum atomic E-state index is 11.3. The van der Waals surface area contributed by atoms with Gasteiger partial charge in [0.05, 0.1) is 11.9 Å². The lowest BCUT2D eigenvalue weighted by molar-refractivity contribution is 0.190. The van der Waals surface area contributed by atoms with E-state index in [1.54, 1.807) is 6.20 Å². The lowest BCUT2D eigenvalue weighted by Crippen LogP contribution is -2.42. The lowest BCUT2D eigenvalue weighted by Gasteiger charge is -2.35. The Bertz CT molecular complexity index is 447. The van der Waals surface area contributed by atoms with Crippen LogP contribution in [0, 0.1) is 0 Å². The van der Waals surface area contributed by atoms with Gasteiger partial charge in [0.2, 0.25) is 0 Å². The Morgan fingerprint density at radius 3 is 3.12 bits per heavy atom. The number of likely N-dealkylation sites (tertiary alicyclic amines) is 1. The molecule has 0 saturated carbocycles. The maximum absolute atomic E-state index is 11.3. The molecule has 2 N–H and O–H groups in total. The number of aromatic nitrogens is 2. The zero-order valence-electron chi connectivity index (χ0n) is 10.0. The van der Waals surface area contributed by atoms with E-state index in [1.807, 2.05) is 0 Å². The van der Waals surface area contributed by atoms with Crippen LogP contribution in [0.3, 0.4) is 0 Å². The number of hydrogen-bond donors (Lipinski definition) is 2. The average Bonchev–Trinajstić information content (AvgIpc) is 2.30.